The summed E-state index contributed by atoms with van der Waals surface area (Å²) in [5.74, 6) is 0.675. The summed E-state index contributed by atoms with van der Waals surface area (Å²) in [5.41, 5.74) is 2.37. The molecule has 0 saturated carbocycles. The quantitative estimate of drug-likeness (QED) is 0.694. The molecule has 1 heterocycles. The largest absolute Gasteiger partial charge is 0.242 e. The van der Waals surface area contributed by atoms with Gasteiger partial charge in [0.15, 0.2) is 0 Å². The van der Waals surface area contributed by atoms with Crippen molar-refractivity contribution >= 4 is 33.2 Å². The summed E-state index contributed by atoms with van der Waals surface area (Å²) in [5, 5.41) is 1.12. The zero-order valence-corrected chi connectivity index (χ0v) is 8.95. The van der Waals surface area contributed by atoms with E-state index in [-0.39, 0.29) is 0 Å². The Hall–Kier alpha value is -0.600. The van der Waals surface area contributed by atoms with Crippen molar-refractivity contribution in [2.45, 2.75) is 13.3 Å². The number of rotatable bonds is 2. The van der Waals surface area contributed by atoms with Gasteiger partial charge < -0.3 is 0 Å². The van der Waals surface area contributed by atoms with Gasteiger partial charge in [0.05, 0.1) is 15.2 Å². The van der Waals surface area contributed by atoms with Crippen molar-refractivity contribution in [3.63, 3.8) is 0 Å². The first-order valence-corrected chi connectivity index (χ1v) is 5.57. The molecule has 0 radical (unpaired) electrons. The summed E-state index contributed by atoms with van der Waals surface area (Å²) in [6.07, 6.45) is 0.925. The summed E-state index contributed by atoms with van der Waals surface area (Å²) < 4.78 is 1.26. The van der Waals surface area contributed by atoms with E-state index in [0.717, 1.165) is 16.9 Å². The van der Waals surface area contributed by atoms with E-state index < -0.39 is 0 Å². The lowest BCUT2D eigenvalue weighted by Crippen LogP contribution is -1.84. The van der Waals surface area contributed by atoms with Gasteiger partial charge in [0, 0.05) is 5.88 Å². The van der Waals surface area contributed by atoms with Crippen LogP contribution in [0, 0.1) is 6.92 Å². The van der Waals surface area contributed by atoms with E-state index in [2.05, 4.69) is 23.2 Å². The molecule has 1 nitrogen and oxygen atoms in total. The number of hydrogen-bond acceptors (Lipinski definition) is 2. The smallest absolute Gasteiger partial charge is 0.0907 e. The molecule has 0 aliphatic heterocycles. The van der Waals surface area contributed by atoms with Crippen LogP contribution in [0.25, 0.3) is 10.2 Å². The van der Waals surface area contributed by atoms with Crippen molar-refractivity contribution < 1.29 is 0 Å². The predicted molar refractivity (Wildman–Crippen MR) is 58.8 cm³/mol. The number of aromatic nitrogens is 1. The molecule has 0 N–H and O–H groups in total. The second-order valence-electron chi connectivity index (χ2n) is 2.97. The van der Waals surface area contributed by atoms with Gasteiger partial charge in [-0.15, -0.1) is 22.9 Å². The fourth-order valence-electron chi connectivity index (χ4n) is 1.35. The van der Waals surface area contributed by atoms with Gasteiger partial charge in [0.25, 0.3) is 0 Å². The highest BCUT2D eigenvalue weighted by atomic mass is 35.5. The molecule has 13 heavy (non-hydrogen) atoms. The van der Waals surface area contributed by atoms with E-state index >= 15 is 0 Å². The van der Waals surface area contributed by atoms with Gasteiger partial charge in [0.2, 0.25) is 0 Å². The van der Waals surface area contributed by atoms with Crippen molar-refractivity contribution in [1.82, 2.24) is 4.98 Å². The second-order valence-corrected chi connectivity index (χ2v) is 4.59. The second kappa shape index (κ2) is 3.64. The number of nitrogens with zero attached hydrogens (tertiary/aromatic N) is 1. The molecular weight excluding hydrogens is 202 g/mol. The summed E-state index contributed by atoms with van der Waals surface area (Å²) >= 11 is 7.41. The maximum Gasteiger partial charge on any atom is 0.0907 e. The Kier molecular flexibility index (Phi) is 2.51. The topological polar surface area (TPSA) is 12.9 Å². The number of thiazole rings is 1. The molecule has 0 amide bonds. The first-order valence-electron chi connectivity index (χ1n) is 4.21. The molecular formula is C10H10ClNS. The number of fused-ring (bicyclic) bond motifs is 1. The van der Waals surface area contributed by atoms with Gasteiger partial charge in [0.1, 0.15) is 0 Å². The molecule has 68 valence electrons. The minimum atomic E-state index is 0.675. The van der Waals surface area contributed by atoms with Crippen LogP contribution >= 0.6 is 22.9 Å². The van der Waals surface area contributed by atoms with Gasteiger partial charge in [-0.3, -0.25) is 0 Å². The molecule has 2 rings (SSSR count). The number of hydrogen-bond donors (Lipinski definition) is 0. The van der Waals surface area contributed by atoms with Crippen LogP contribution in [0.1, 0.15) is 10.6 Å². The lowest BCUT2D eigenvalue weighted by molar-refractivity contribution is 1.15. The molecule has 0 atom stereocenters. The number of alkyl halides is 1. The zero-order chi connectivity index (χ0) is 9.26. The van der Waals surface area contributed by atoms with Crippen LogP contribution in [-0.4, -0.2) is 10.9 Å². The molecule has 0 bridgehead atoms. The normalized spacial score (nSPS) is 10.9. The monoisotopic (exact) mass is 211 g/mol. The molecule has 3 heteroatoms. The van der Waals surface area contributed by atoms with Crippen LogP contribution in [0.15, 0.2) is 18.2 Å². The van der Waals surface area contributed by atoms with Crippen molar-refractivity contribution in [2.75, 3.05) is 5.88 Å². The van der Waals surface area contributed by atoms with Crippen molar-refractivity contribution in [1.29, 1.82) is 0 Å². The molecule has 0 aliphatic rings. The average molecular weight is 212 g/mol. The lowest BCUT2D eigenvalue weighted by atomic mass is 10.2. The average Bonchev–Trinajstić information content (AvgIpc) is 2.44. The molecule has 0 unspecified atom stereocenters. The highest BCUT2D eigenvalue weighted by Gasteiger charge is 2.00. The maximum absolute atomic E-state index is 5.67. The SMILES string of the molecule is Cc1nc2cc(CCCl)ccc2s1. The third-order valence-corrected chi connectivity index (χ3v) is 3.08. The van der Waals surface area contributed by atoms with Crippen LogP contribution in [-0.2, 0) is 6.42 Å². The summed E-state index contributed by atoms with van der Waals surface area (Å²) in [4.78, 5) is 4.43. The fourth-order valence-corrected chi connectivity index (χ4v) is 2.38. The van der Waals surface area contributed by atoms with Gasteiger partial charge in [-0.25, -0.2) is 4.98 Å². The van der Waals surface area contributed by atoms with E-state index in [0.29, 0.717) is 5.88 Å². The van der Waals surface area contributed by atoms with Crippen LogP contribution < -0.4 is 0 Å². The van der Waals surface area contributed by atoms with E-state index in [4.69, 9.17) is 11.6 Å². The van der Waals surface area contributed by atoms with Crippen LogP contribution in [0.2, 0.25) is 0 Å². The zero-order valence-electron chi connectivity index (χ0n) is 7.38. The predicted octanol–water partition coefficient (Wildman–Crippen LogP) is 3.39. The Morgan fingerprint density at radius 1 is 1.46 bits per heavy atom. The number of benzene rings is 1. The first kappa shape index (κ1) is 8.97. The Balaban J connectivity index is 2.48. The van der Waals surface area contributed by atoms with Crippen molar-refractivity contribution in [3.05, 3.63) is 28.8 Å². The maximum atomic E-state index is 5.67. The fraction of sp³-hybridized carbons (Fsp3) is 0.300. The molecule has 0 aliphatic carbocycles. The Morgan fingerprint density at radius 2 is 2.31 bits per heavy atom. The first-order chi connectivity index (χ1) is 6.29. The molecule has 1 aromatic heterocycles. The Morgan fingerprint density at radius 3 is 3.08 bits per heavy atom. The highest BCUT2D eigenvalue weighted by molar-refractivity contribution is 7.18. The van der Waals surface area contributed by atoms with Gasteiger partial charge in [-0.05, 0) is 31.0 Å². The minimum absolute atomic E-state index is 0.675. The summed E-state index contributed by atoms with van der Waals surface area (Å²) in [6, 6.07) is 6.38. The van der Waals surface area contributed by atoms with Crippen LogP contribution in [0.5, 0.6) is 0 Å². The van der Waals surface area contributed by atoms with Crippen molar-refractivity contribution in [2.24, 2.45) is 0 Å². The van der Waals surface area contributed by atoms with Crippen molar-refractivity contribution in [3.8, 4) is 0 Å². The summed E-state index contributed by atoms with van der Waals surface area (Å²) in [7, 11) is 0. The standard InChI is InChI=1S/C10H10ClNS/c1-7-12-9-6-8(4-5-11)2-3-10(9)13-7/h2-3,6H,4-5H2,1H3. The lowest BCUT2D eigenvalue weighted by Gasteiger charge is -1.95. The molecule has 1 aromatic carbocycles. The van der Waals surface area contributed by atoms with E-state index in [1.54, 1.807) is 11.3 Å². The van der Waals surface area contributed by atoms with Crippen LogP contribution in [0.3, 0.4) is 0 Å². The molecule has 0 saturated heterocycles. The van der Waals surface area contributed by atoms with E-state index in [9.17, 15) is 0 Å². The Bertz CT molecular complexity index is 422. The minimum Gasteiger partial charge on any atom is -0.242 e. The number of aryl methyl sites for hydroxylation is 2. The van der Waals surface area contributed by atoms with Gasteiger partial charge in [-0.1, -0.05) is 6.07 Å². The molecule has 2 aromatic rings. The highest BCUT2D eigenvalue weighted by Crippen LogP contribution is 2.22. The Labute approximate surface area is 86.4 Å². The molecule has 0 spiro atoms. The summed E-state index contributed by atoms with van der Waals surface area (Å²) in [6.45, 7) is 2.03. The number of halogens is 1. The third-order valence-electron chi connectivity index (χ3n) is 1.94. The molecule has 0 fully saturated rings. The van der Waals surface area contributed by atoms with E-state index in [1.165, 1.54) is 10.3 Å². The third kappa shape index (κ3) is 1.84. The van der Waals surface area contributed by atoms with Gasteiger partial charge in [-0.2, -0.15) is 0 Å². The van der Waals surface area contributed by atoms with Crippen LogP contribution in [0.4, 0.5) is 0 Å². The van der Waals surface area contributed by atoms with Gasteiger partial charge >= 0.3 is 0 Å². The van der Waals surface area contributed by atoms with E-state index in [1.807, 2.05) is 6.92 Å².